The average Bonchev–Trinajstić information content (AvgIpc) is 3.65. The van der Waals surface area contributed by atoms with Gasteiger partial charge in [0, 0.05) is 36.4 Å². The Balaban J connectivity index is 1.45. The van der Waals surface area contributed by atoms with Gasteiger partial charge in [0.15, 0.2) is 6.29 Å². The molecule has 1 N–H and O–H groups in total. The van der Waals surface area contributed by atoms with E-state index in [2.05, 4.69) is 71.7 Å². The van der Waals surface area contributed by atoms with E-state index in [0.717, 1.165) is 49.3 Å². The summed E-state index contributed by atoms with van der Waals surface area (Å²) in [4.78, 5) is 15.9. The van der Waals surface area contributed by atoms with Crippen molar-refractivity contribution in [2.75, 3.05) is 32.2 Å². The van der Waals surface area contributed by atoms with Crippen molar-refractivity contribution in [1.82, 2.24) is 4.90 Å². The lowest BCUT2D eigenvalue weighted by atomic mass is 9.61. The van der Waals surface area contributed by atoms with Gasteiger partial charge in [-0.05, 0) is 48.8 Å². The first-order valence-electron chi connectivity index (χ1n) is 13.4. The van der Waals surface area contributed by atoms with E-state index < -0.39 is 0 Å². The molecule has 4 aliphatic rings. The molecule has 0 bridgehead atoms. The minimum absolute atomic E-state index is 0.157. The van der Waals surface area contributed by atoms with Crippen LogP contribution in [0.2, 0.25) is 0 Å². The number of ether oxygens (including phenoxy) is 3. The van der Waals surface area contributed by atoms with Gasteiger partial charge in [-0.1, -0.05) is 55.5 Å². The van der Waals surface area contributed by atoms with Crippen LogP contribution >= 0.6 is 0 Å². The van der Waals surface area contributed by atoms with Crippen molar-refractivity contribution in [3.63, 3.8) is 0 Å². The molecule has 4 atom stereocenters. The number of hydrogen-bond donors (Lipinski definition) is 1. The van der Waals surface area contributed by atoms with Gasteiger partial charge in [0.05, 0.1) is 31.3 Å². The predicted octanol–water partition coefficient (Wildman–Crippen LogP) is 4.86. The molecule has 36 heavy (non-hydrogen) atoms. The van der Waals surface area contributed by atoms with Crippen LogP contribution < -0.4 is 5.32 Å². The van der Waals surface area contributed by atoms with Crippen LogP contribution in [-0.2, 0) is 31.0 Å². The fraction of sp³-hybridized carbons (Fsp3) is 0.500. The van der Waals surface area contributed by atoms with Crippen LogP contribution in [0.1, 0.15) is 43.7 Å². The molecule has 3 aliphatic heterocycles. The molecule has 190 valence electrons. The lowest BCUT2D eigenvalue weighted by Gasteiger charge is -2.47. The third-order valence-corrected chi connectivity index (χ3v) is 8.84. The highest BCUT2D eigenvalue weighted by atomic mass is 16.7. The van der Waals surface area contributed by atoms with Crippen molar-refractivity contribution in [3.8, 4) is 0 Å². The van der Waals surface area contributed by atoms with Crippen molar-refractivity contribution < 1.29 is 19.0 Å². The zero-order valence-electron chi connectivity index (χ0n) is 21.2. The van der Waals surface area contributed by atoms with E-state index in [9.17, 15) is 4.79 Å². The minimum atomic E-state index is -0.243. The molecule has 0 saturated carbocycles. The van der Waals surface area contributed by atoms with Crippen LogP contribution in [0, 0.1) is 11.8 Å². The van der Waals surface area contributed by atoms with E-state index >= 15 is 0 Å². The molecule has 2 saturated heterocycles. The zero-order chi connectivity index (χ0) is 24.7. The van der Waals surface area contributed by atoms with Crippen LogP contribution in [0.3, 0.4) is 0 Å². The van der Waals surface area contributed by atoms with Gasteiger partial charge in [-0.2, -0.15) is 0 Å². The number of nitrogens with one attached hydrogen (secondary N) is 1. The molecule has 6 heteroatoms. The van der Waals surface area contributed by atoms with E-state index in [1.807, 2.05) is 0 Å². The first kappa shape index (κ1) is 23.7. The molecular formula is C30H36N2O4. The molecule has 2 aromatic carbocycles. The van der Waals surface area contributed by atoms with E-state index in [1.54, 1.807) is 0 Å². The summed E-state index contributed by atoms with van der Waals surface area (Å²) in [7, 11) is 1.50. The SMILES string of the molecule is CCC(C[C@@H]1CC(C(=O)OC)=C2Nc3ccccc3[C@@]23CCN(Cc2ccccc2)[C@@H]13)C1OCCO1. The van der Waals surface area contributed by atoms with Gasteiger partial charge in [0.2, 0.25) is 0 Å². The molecular weight excluding hydrogens is 452 g/mol. The van der Waals surface area contributed by atoms with Crippen molar-refractivity contribution in [2.24, 2.45) is 11.8 Å². The van der Waals surface area contributed by atoms with E-state index in [0.29, 0.717) is 25.6 Å². The van der Waals surface area contributed by atoms with Crippen molar-refractivity contribution in [2.45, 2.75) is 56.9 Å². The number of carbonyl (C=O) groups is 1. The highest BCUT2D eigenvalue weighted by molar-refractivity contribution is 5.93. The summed E-state index contributed by atoms with van der Waals surface area (Å²) >= 11 is 0. The standard InChI is InChI=1S/C30H36N2O4/c1-3-21(29-35-15-16-36-29)17-22-18-23(28(33)34-2)26-30(24-11-7-8-12-25(24)31-26)13-14-32(27(22)30)19-20-9-5-4-6-10-20/h4-12,21-22,27,29,31H,3,13-19H2,1-2H3/t21?,22-,27+,30+/m1/s1. The van der Waals surface area contributed by atoms with Crippen LogP contribution in [0.25, 0.3) is 0 Å². The molecule has 1 unspecified atom stereocenters. The Hall–Kier alpha value is -2.67. The van der Waals surface area contributed by atoms with Gasteiger partial charge in [0.1, 0.15) is 0 Å². The van der Waals surface area contributed by atoms with Crippen LogP contribution in [0.5, 0.6) is 0 Å². The molecule has 0 radical (unpaired) electrons. The van der Waals surface area contributed by atoms with Gasteiger partial charge in [-0.25, -0.2) is 4.79 Å². The Morgan fingerprint density at radius 2 is 1.89 bits per heavy atom. The van der Waals surface area contributed by atoms with Gasteiger partial charge < -0.3 is 19.5 Å². The van der Waals surface area contributed by atoms with Crippen LogP contribution in [0.15, 0.2) is 65.9 Å². The number of nitrogens with zero attached hydrogens (tertiary/aromatic N) is 1. The second kappa shape index (κ2) is 9.66. The molecule has 1 aliphatic carbocycles. The number of esters is 1. The number of hydrogen-bond acceptors (Lipinski definition) is 6. The third-order valence-electron chi connectivity index (χ3n) is 8.84. The monoisotopic (exact) mass is 488 g/mol. The summed E-state index contributed by atoms with van der Waals surface area (Å²) < 4.78 is 17.3. The van der Waals surface area contributed by atoms with Gasteiger partial charge in [0.25, 0.3) is 0 Å². The smallest absolute Gasteiger partial charge is 0.335 e. The highest BCUT2D eigenvalue weighted by Gasteiger charge is 2.61. The maximum atomic E-state index is 13.2. The lowest BCUT2D eigenvalue weighted by Crippen LogP contribution is -2.52. The lowest BCUT2D eigenvalue weighted by molar-refractivity contribution is -0.137. The maximum absolute atomic E-state index is 13.2. The number of methoxy groups -OCH3 is 1. The molecule has 2 aromatic rings. The molecule has 6 rings (SSSR count). The number of fused-ring (bicyclic) bond motifs is 1. The van der Waals surface area contributed by atoms with Gasteiger partial charge >= 0.3 is 5.97 Å². The minimum Gasteiger partial charge on any atom is -0.466 e. The highest BCUT2D eigenvalue weighted by Crippen LogP contribution is 2.60. The van der Waals surface area contributed by atoms with Gasteiger partial charge in [-0.15, -0.1) is 0 Å². The number of anilines is 1. The Morgan fingerprint density at radius 3 is 2.64 bits per heavy atom. The summed E-state index contributed by atoms with van der Waals surface area (Å²) in [5, 5.41) is 3.69. The summed E-state index contributed by atoms with van der Waals surface area (Å²) in [5.74, 6) is 0.356. The molecule has 0 amide bonds. The predicted molar refractivity (Wildman–Crippen MR) is 138 cm³/mol. The van der Waals surface area contributed by atoms with E-state index in [-0.39, 0.29) is 29.6 Å². The molecule has 3 heterocycles. The largest absolute Gasteiger partial charge is 0.466 e. The normalized spacial score (nSPS) is 28.4. The average molecular weight is 489 g/mol. The third kappa shape index (κ3) is 3.78. The first-order valence-corrected chi connectivity index (χ1v) is 13.4. The Labute approximate surface area is 213 Å². The Bertz CT molecular complexity index is 1140. The number of para-hydroxylation sites is 1. The summed E-state index contributed by atoms with van der Waals surface area (Å²) in [6.07, 6.45) is 3.46. The van der Waals surface area contributed by atoms with Crippen molar-refractivity contribution >= 4 is 11.7 Å². The maximum Gasteiger partial charge on any atom is 0.335 e. The topological polar surface area (TPSA) is 60.0 Å². The van der Waals surface area contributed by atoms with E-state index in [4.69, 9.17) is 14.2 Å². The molecule has 2 fully saturated rings. The summed E-state index contributed by atoms with van der Waals surface area (Å²) in [6, 6.07) is 19.6. The molecule has 1 spiro atoms. The zero-order valence-corrected chi connectivity index (χ0v) is 21.2. The Kier molecular flexibility index (Phi) is 6.36. The molecule has 6 nitrogen and oxygen atoms in total. The summed E-state index contributed by atoms with van der Waals surface area (Å²) in [5.41, 5.74) is 5.39. The van der Waals surface area contributed by atoms with Crippen LogP contribution in [0.4, 0.5) is 5.69 Å². The molecule has 0 aromatic heterocycles. The number of rotatable bonds is 7. The number of carbonyl (C=O) groups excluding carboxylic acids is 1. The summed E-state index contributed by atoms with van der Waals surface area (Å²) in [6.45, 7) is 5.43. The quantitative estimate of drug-likeness (QED) is 0.562. The van der Waals surface area contributed by atoms with Gasteiger partial charge in [-0.3, -0.25) is 4.90 Å². The first-order chi connectivity index (χ1) is 17.7. The fourth-order valence-electron chi connectivity index (χ4n) is 7.39. The number of likely N-dealkylation sites (tertiary alicyclic amines) is 1. The van der Waals surface area contributed by atoms with E-state index in [1.165, 1.54) is 18.2 Å². The fourth-order valence-corrected chi connectivity index (χ4v) is 7.39. The second-order valence-corrected chi connectivity index (χ2v) is 10.6. The second-order valence-electron chi connectivity index (χ2n) is 10.6. The van der Waals surface area contributed by atoms with Crippen molar-refractivity contribution in [1.29, 1.82) is 0 Å². The Morgan fingerprint density at radius 1 is 1.14 bits per heavy atom. The van der Waals surface area contributed by atoms with Crippen LogP contribution in [-0.4, -0.2) is 50.1 Å². The number of benzene rings is 2. The van der Waals surface area contributed by atoms with Crippen molar-refractivity contribution in [3.05, 3.63) is 77.0 Å².